The number of nitrogens with zero attached hydrogens (tertiary/aromatic N) is 2. The minimum atomic E-state index is 0.765. The molecule has 2 N–H and O–H groups in total. The fourth-order valence-corrected chi connectivity index (χ4v) is 3.00. The van der Waals surface area contributed by atoms with Crippen LogP contribution >= 0.6 is 27.7 Å². The summed E-state index contributed by atoms with van der Waals surface area (Å²) in [6.07, 6.45) is 2.91. The number of hydrogen-bond donors (Lipinski definition) is 1. The van der Waals surface area contributed by atoms with Gasteiger partial charge in [0.25, 0.3) is 0 Å². The van der Waals surface area contributed by atoms with Crippen molar-refractivity contribution in [2.75, 3.05) is 17.2 Å². The van der Waals surface area contributed by atoms with Gasteiger partial charge in [-0.05, 0) is 46.0 Å². The second-order valence-electron chi connectivity index (χ2n) is 3.93. The van der Waals surface area contributed by atoms with Gasteiger partial charge in [-0.25, -0.2) is 4.98 Å². The fourth-order valence-electron chi connectivity index (χ4n) is 1.83. The molecule has 0 unspecified atom stereocenters. The minimum Gasteiger partial charge on any atom is -0.383 e. The molecule has 0 radical (unpaired) electrons. The highest BCUT2D eigenvalue weighted by Gasteiger charge is 2.11. The first-order valence-corrected chi connectivity index (χ1v) is 7.58. The number of imidazole rings is 1. The van der Waals surface area contributed by atoms with E-state index in [1.165, 1.54) is 0 Å². The molecule has 0 aliphatic rings. The Morgan fingerprint density at radius 3 is 3.00 bits per heavy atom. The van der Waals surface area contributed by atoms with Crippen molar-refractivity contribution in [3.63, 3.8) is 0 Å². The lowest BCUT2D eigenvalue weighted by Crippen LogP contribution is -1.98. The van der Waals surface area contributed by atoms with Gasteiger partial charge in [0.2, 0.25) is 0 Å². The summed E-state index contributed by atoms with van der Waals surface area (Å²) in [5, 5.41) is 0. The van der Waals surface area contributed by atoms with E-state index in [2.05, 4.69) is 40.8 Å². The van der Waals surface area contributed by atoms with Crippen LogP contribution in [0.4, 0.5) is 5.82 Å². The molecule has 17 heavy (non-hydrogen) atoms. The molecule has 0 saturated heterocycles. The summed E-state index contributed by atoms with van der Waals surface area (Å²) in [7, 11) is 0. The van der Waals surface area contributed by atoms with Gasteiger partial charge in [-0.15, -0.1) is 0 Å². The van der Waals surface area contributed by atoms with Crippen LogP contribution < -0.4 is 5.73 Å². The summed E-state index contributed by atoms with van der Waals surface area (Å²) in [5.74, 6) is 2.98. The van der Waals surface area contributed by atoms with E-state index in [9.17, 15) is 0 Å². The number of nitrogen functional groups attached to an aromatic ring is 1. The normalized spacial score (nSPS) is 11.2. The van der Waals surface area contributed by atoms with E-state index in [0.717, 1.165) is 45.1 Å². The van der Waals surface area contributed by atoms with Crippen molar-refractivity contribution in [2.45, 2.75) is 20.3 Å². The molecule has 0 fully saturated rings. The maximum Gasteiger partial charge on any atom is 0.141 e. The Morgan fingerprint density at radius 2 is 2.29 bits per heavy atom. The van der Waals surface area contributed by atoms with Gasteiger partial charge in [-0.1, -0.05) is 6.92 Å². The Bertz CT molecular complexity index is 536. The van der Waals surface area contributed by atoms with Crippen LogP contribution in [-0.2, 0) is 6.42 Å². The third kappa shape index (κ3) is 2.60. The van der Waals surface area contributed by atoms with Crippen molar-refractivity contribution >= 4 is 39.2 Å². The van der Waals surface area contributed by atoms with E-state index in [0.29, 0.717) is 0 Å². The lowest BCUT2D eigenvalue weighted by atomic mass is 10.3. The summed E-state index contributed by atoms with van der Waals surface area (Å²) in [6, 6.07) is 2.06. The molecule has 92 valence electrons. The predicted molar refractivity (Wildman–Crippen MR) is 78.7 cm³/mol. The van der Waals surface area contributed by atoms with Crippen molar-refractivity contribution < 1.29 is 0 Å². The molecule has 0 amide bonds. The zero-order chi connectivity index (χ0) is 12.4. The van der Waals surface area contributed by atoms with E-state index in [1.807, 2.05) is 22.4 Å². The Balaban J connectivity index is 2.39. The van der Waals surface area contributed by atoms with Crippen LogP contribution in [0.25, 0.3) is 5.65 Å². The highest BCUT2D eigenvalue weighted by Crippen LogP contribution is 2.22. The average Bonchev–Trinajstić information content (AvgIpc) is 2.58. The summed E-state index contributed by atoms with van der Waals surface area (Å²) in [5.41, 5.74) is 9.24. The number of nitrogens with two attached hydrogens (primary N) is 1. The number of fused-ring (bicyclic) bond motifs is 1. The zero-order valence-electron chi connectivity index (χ0n) is 10.0. The Hall–Kier alpha value is -0.680. The third-order valence-electron chi connectivity index (χ3n) is 2.67. The number of thioether (sulfide) groups is 1. The lowest BCUT2D eigenvalue weighted by molar-refractivity contribution is 1.09. The molecule has 0 bridgehead atoms. The van der Waals surface area contributed by atoms with Gasteiger partial charge in [0, 0.05) is 17.1 Å². The monoisotopic (exact) mass is 313 g/mol. The SMILES string of the molecule is CCSCCc1nc2c(C)cc(Br)cn2c1N. The van der Waals surface area contributed by atoms with Crippen LogP contribution in [-0.4, -0.2) is 20.9 Å². The smallest absolute Gasteiger partial charge is 0.141 e. The molecule has 0 aromatic carbocycles. The number of anilines is 1. The molecule has 0 aliphatic heterocycles. The van der Waals surface area contributed by atoms with Crippen LogP contribution in [0.15, 0.2) is 16.7 Å². The maximum absolute atomic E-state index is 6.13. The zero-order valence-corrected chi connectivity index (χ0v) is 12.4. The minimum absolute atomic E-state index is 0.765. The molecule has 5 heteroatoms. The van der Waals surface area contributed by atoms with Crippen molar-refractivity contribution in [3.8, 4) is 0 Å². The van der Waals surface area contributed by atoms with Crippen LogP contribution in [0.3, 0.4) is 0 Å². The van der Waals surface area contributed by atoms with Crippen LogP contribution in [0.2, 0.25) is 0 Å². The second-order valence-corrected chi connectivity index (χ2v) is 6.24. The van der Waals surface area contributed by atoms with Gasteiger partial charge in [0.05, 0.1) is 5.69 Å². The molecular weight excluding hydrogens is 298 g/mol. The molecule has 0 atom stereocenters. The topological polar surface area (TPSA) is 43.3 Å². The van der Waals surface area contributed by atoms with Gasteiger partial charge in [0.15, 0.2) is 0 Å². The van der Waals surface area contributed by atoms with Gasteiger partial charge in [-0.3, -0.25) is 4.40 Å². The average molecular weight is 314 g/mol. The standard InChI is InChI=1S/C12H16BrN3S/c1-3-17-5-4-10-11(14)16-7-9(13)6-8(2)12(16)15-10/h6-7H,3-5,14H2,1-2H3. The van der Waals surface area contributed by atoms with Crippen LogP contribution in [0.5, 0.6) is 0 Å². The van der Waals surface area contributed by atoms with E-state index >= 15 is 0 Å². The van der Waals surface area contributed by atoms with Gasteiger partial charge >= 0.3 is 0 Å². The highest BCUT2D eigenvalue weighted by molar-refractivity contribution is 9.10. The number of pyridine rings is 1. The van der Waals surface area contributed by atoms with Gasteiger partial charge in [-0.2, -0.15) is 11.8 Å². The number of hydrogen-bond acceptors (Lipinski definition) is 3. The van der Waals surface area contributed by atoms with Crippen LogP contribution in [0.1, 0.15) is 18.2 Å². The molecule has 2 rings (SSSR count). The largest absolute Gasteiger partial charge is 0.383 e. The Morgan fingerprint density at radius 1 is 1.53 bits per heavy atom. The van der Waals surface area contributed by atoms with Gasteiger partial charge in [0.1, 0.15) is 11.5 Å². The van der Waals surface area contributed by atoms with Crippen molar-refractivity contribution in [3.05, 3.63) is 28.0 Å². The summed E-state index contributed by atoms with van der Waals surface area (Å²) in [6.45, 7) is 4.22. The first-order chi connectivity index (χ1) is 8.13. The molecule has 2 aromatic heterocycles. The second kappa shape index (κ2) is 5.31. The summed E-state index contributed by atoms with van der Waals surface area (Å²) < 4.78 is 2.99. The van der Waals surface area contributed by atoms with E-state index < -0.39 is 0 Å². The third-order valence-corrected chi connectivity index (χ3v) is 4.01. The predicted octanol–water partition coefficient (Wildman–Crippen LogP) is 3.28. The molecule has 2 aromatic rings. The van der Waals surface area contributed by atoms with E-state index in [4.69, 9.17) is 5.73 Å². The van der Waals surface area contributed by atoms with E-state index in [-0.39, 0.29) is 0 Å². The number of aryl methyl sites for hydroxylation is 2. The molecule has 0 spiro atoms. The molecule has 0 aliphatic carbocycles. The van der Waals surface area contributed by atoms with Gasteiger partial charge < -0.3 is 5.73 Å². The number of rotatable bonds is 4. The molecule has 0 saturated carbocycles. The Labute approximate surface area is 114 Å². The number of aromatic nitrogens is 2. The number of halogens is 1. The molecule has 3 nitrogen and oxygen atoms in total. The maximum atomic E-state index is 6.13. The van der Waals surface area contributed by atoms with Crippen molar-refractivity contribution in [2.24, 2.45) is 0 Å². The molecular formula is C12H16BrN3S. The fraction of sp³-hybridized carbons (Fsp3) is 0.417. The Kier molecular flexibility index (Phi) is 3.99. The van der Waals surface area contributed by atoms with Crippen molar-refractivity contribution in [1.29, 1.82) is 0 Å². The lowest BCUT2D eigenvalue weighted by Gasteiger charge is -2.01. The summed E-state index contributed by atoms with van der Waals surface area (Å²) in [4.78, 5) is 4.63. The molecule has 2 heterocycles. The van der Waals surface area contributed by atoms with E-state index in [1.54, 1.807) is 0 Å². The van der Waals surface area contributed by atoms with Crippen LogP contribution in [0, 0.1) is 6.92 Å². The first-order valence-electron chi connectivity index (χ1n) is 5.63. The van der Waals surface area contributed by atoms with Crippen molar-refractivity contribution in [1.82, 2.24) is 9.38 Å². The highest BCUT2D eigenvalue weighted by atomic mass is 79.9. The first kappa shape index (κ1) is 12.8. The quantitative estimate of drug-likeness (QED) is 0.881. The summed E-state index contributed by atoms with van der Waals surface area (Å²) >= 11 is 5.40.